The van der Waals surface area contributed by atoms with Crippen molar-refractivity contribution in [2.24, 2.45) is 46.3 Å². The van der Waals surface area contributed by atoms with Crippen LogP contribution in [0.4, 0.5) is 0 Å². The fourth-order valence-electron chi connectivity index (χ4n) is 10.5. The van der Waals surface area contributed by atoms with E-state index in [1.807, 2.05) is 0 Å². The van der Waals surface area contributed by atoms with Crippen molar-refractivity contribution in [3.8, 4) is 0 Å². The summed E-state index contributed by atoms with van der Waals surface area (Å²) < 4.78 is 6.06. The molecule has 8 atom stereocenters. The third-order valence-corrected chi connectivity index (χ3v) is 13.5. The summed E-state index contributed by atoms with van der Waals surface area (Å²) in [5, 5.41) is 0. The monoisotopic (exact) mass is 684 g/mol. The number of halogens is 2. The van der Waals surface area contributed by atoms with Crippen LogP contribution in [0.5, 0.6) is 0 Å². The Labute approximate surface area is 269 Å². The molecule has 0 bridgehead atoms. The van der Waals surface area contributed by atoms with Crippen molar-refractivity contribution in [1.82, 2.24) is 4.57 Å². The SMILES string of the molecule is CC(C)CCC[C@@H](C)[C@H]1CC[C@H]2[C@@H]3CC=C4C[C@@H](n5cc[n+](Cc6ccccc6Br)c5)CC[C@]4(C)[C@H]3CC[C@]12C.[Br-]. The molecule has 3 fully saturated rings. The van der Waals surface area contributed by atoms with Gasteiger partial charge in [0.05, 0.1) is 0 Å². The molecule has 1 heterocycles. The lowest BCUT2D eigenvalue weighted by Crippen LogP contribution is -3.00. The van der Waals surface area contributed by atoms with Crippen LogP contribution in [0.1, 0.15) is 117 Å². The Morgan fingerprint density at radius 1 is 1.00 bits per heavy atom. The molecule has 4 heteroatoms. The Balaban J connectivity index is 0.00000337. The number of hydrogen-bond acceptors (Lipinski definition) is 0. The van der Waals surface area contributed by atoms with E-state index < -0.39 is 0 Å². The van der Waals surface area contributed by atoms with Crippen molar-refractivity contribution in [3.05, 3.63) is 64.7 Å². The van der Waals surface area contributed by atoms with E-state index in [-0.39, 0.29) is 17.0 Å². The molecule has 0 N–H and O–H groups in total. The lowest BCUT2D eigenvalue weighted by atomic mass is 9.47. The second kappa shape index (κ2) is 12.6. The van der Waals surface area contributed by atoms with Crippen molar-refractivity contribution in [2.45, 2.75) is 118 Å². The fourth-order valence-corrected chi connectivity index (χ4v) is 10.9. The van der Waals surface area contributed by atoms with E-state index in [4.69, 9.17) is 0 Å². The number of hydrogen-bond donors (Lipinski definition) is 0. The molecule has 0 unspecified atom stereocenters. The van der Waals surface area contributed by atoms with E-state index in [1.54, 1.807) is 5.57 Å². The molecule has 2 nitrogen and oxygen atoms in total. The van der Waals surface area contributed by atoms with Crippen LogP contribution in [0.25, 0.3) is 0 Å². The molecule has 2 aromatic rings. The molecule has 0 radical (unpaired) electrons. The zero-order valence-corrected chi connectivity index (χ0v) is 29.5. The van der Waals surface area contributed by atoms with E-state index in [1.165, 1.54) is 80.7 Å². The topological polar surface area (TPSA) is 8.81 Å². The van der Waals surface area contributed by atoms with Crippen molar-refractivity contribution >= 4 is 15.9 Å². The van der Waals surface area contributed by atoms with Gasteiger partial charge in [-0.3, -0.25) is 0 Å². The van der Waals surface area contributed by atoms with Gasteiger partial charge in [-0.05, 0) is 97.3 Å². The quantitative estimate of drug-likeness (QED) is 0.206. The number of rotatable bonds is 8. The van der Waals surface area contributed by atoms with E-state index in [2.05, 4.69) is 109 Å². The second-order valence-corrected chi connectivity index (χ2v) is 16.2. The number of benzene rings is 1. The Morgan fingerprint density at radius 2 is 1.80 bits per heavy atom. The normalized spacial score (nSPS) is 35.2. The molecule has 0 saturated heterocycles. The first kappa shape index (κ1) is 31.6. The third kappa shape index (κ3) is 5.96. The Morgan fingerprint density at radius 3 is 2.59 bits per heavy atom. The molecule has 226 valence electrons. The van der Waals surface area contributed by atoms with Crippen LogP contribution < -0.4 is 21.5 Å². The van der Waals surface area contributed by atoms with Gasteiger partial charge in [-0.1, -0.05) is 99.7 Å². The summed E-state index contributed by atoms with van der Waals surface area (Å²) >= 11 is 3.73. The Hall–Kier alpha value is -0.870. The highest BCUT2D eigenvalue weighted by Crippen LogP contribution is 2.67. The number of imidazole rings is 1. The predicted octanol–water partition coefficient (Wildman–Crippen LogP) is 7.17. The number of allylic oxidation sites excluding steroid dienone is 2. The molecule has 41 heavy (non-hydrogen) atoms. The van der Waals surface area contributed by atoms with E-state index in [0.29, 0.717) is 16.9 Å². The molecule has 0 amide bonds. The highest BCUT2D eigenvalue weighted by molar-refractivity contribution is 9.10. The molecule has 0 spiro atoms. The third-order valence-electron chi connectivity index (χ3n) is 12.7. The van der Waals surface area contributed by atoms with Gasteiger partial charge in [-0.25, -0.2) is 9.13 Å². The van der Waals surface area contributed by atoms with E-state index in [0.717, 1.165) is 42.1 Å². The fraction of sp³-hybridized carbons (Fsp3) is 0.703. The molecule has 1 aromatic heterocycles. The van der Waals surface area contributed by atoms with Gasteiger partial charge < -0.3 is 17.0 Å². The molecule has 3 saturated carbocycles. The zero-order valence-electron chi connectivity index (χ0n) is 26.3. The smallest absolute Gasteiger partial charge is 0.244 e. The summed E-state index contributed by atoms with van der Waals surface area (Å²) in [6.07, 6.45) is 25.2. The van der Waals surface area contributed by atoms with Crippen LogP contribution in [0.3, 0.4) is 0 Å². The van der Waals surface area contributed by atoms with Gasteiger partial charge in [0.25, 0.3) is 0 Å². The molecular formula is C37H54Br2N2. The number of fused-ring (bicyclic) bond motifs is 5. The molecule has 4 aliphatic rings. The van der Waals surface area contributed by atoms with E-state index in [9.17, 15) is 0 Å². The summed E-state index contributed by atoms with van der Waals surface area (Å²) in [4.78, 5) is 0. The Bertz CT molecular complexity index is 1220. The van der Waals surface area contributed by atoms with Crippen LogP contribution in [0, 0.1) is 46.3 Å². The summed E-state index contributed by atoms with van der Waals surface area (Å²) in [5.41, 5.74) is 4.16. The first-order chi connectivity index (χ1) is 19.2. The van der Waals surface area contributed by atoms with Crippen LogP contribution >= 0.6 is 15.9 Å². The van der Waals surface area contributed by atoms with Gasteiger partial charge in [0.1, 0.15) is 25.0 Å². The average molecular weight is 687 g/mol. The largest absolute Gasteiger partial charge is 1.00 e. The molecular weight excluding hydrogens is 632 g/mol. The first-order valence-electron chi connectivity index (χ1n) is 16.7. The summed E-state index contributed by atoms with van der Waals surface area (Å²) in [6.45, 7) is 13.7. The minimum atomic E-state index is 0. The van der Waals surface area contributed by atoms with Gasteiger partial charge >= 0.3 is 0 Å². The number of nitrogens with zero attached hydrogens (tertiary/aromatic N) is 2. The minimum Gasteiger partial charge on any atom is -1.00 e. The molecule has 4 aliphatic carbocycles. The maximum Gasteiger partial charge on any atom is 0.244 e. The predicted molar refractivity (Wildman–Crippen MR) is 170 cm³/mol. The second-order valence-electron chi connectivity index (χ2n) is 15.3. The van der Waals surface area contributed by atoms with Crippen LogP contribution in [0.15, 0.2) is 59.1 Å². The molecule has 0 aliphatic heterocycles. The van der Waals surface area contributed by atoms with Crippen molar-refractivity contribution in [2.75, 3.05) is 0 Å². The zero-order chi connectivity index (χ0) is 28.1. The van der Waals surface area contributed by atoms with Crippen LogP contribution in [-0.2, 0) is 6.54 Å². The van der Waals surface area contributed by atoms with Crippen LogP contribution in [-0.4, -0.2) is 4.57 Å². The standard InChI is InChI=1S/C37H54BrN2.BrH/c1-26(2)9-8-10-27(3)32-15-16-33-31-14-13-29-23-30(17-19-36(29,4)34(31)18-20-37(32,33)5)40-22-21-39(25-40)24-28-11-6-7-12-35(28)38;/h6-7,11-13,21-22,25-27,30-34H,8-10,14-20,23-24H2,1-5H3;1H/q+1;/p-1/t27-,30+,31+,32-,33+,34+,36+,37-;/m1./s1. The maximum absolute atomic E-state index is 3.73. The van der Waals surface area contributed by atoms with Crippen molar-refractivity contribution < 1.29 is 21.5 Å². The summed E-state index contributed by atoms with van der Waals surface area (Å²) in [6, 6.07) is 9.20. The number of aromatic nitrogens is 2. The van der Waals surface area contributed by atoms with Crippen molar-refractivity contribution in [3.63, 3.8) is 0 Å². The van der Waals surface area contributed by atoms with Gasteiger partial charge in [0.15, 0.2) is 0 Å². The van der Waals surface area contributed by atoms with Gasteiger partial charge in [-0.15, -0.1) is 0 Å². The highest BCUT2D eigenvalue weighted by Gasteiger charge is 2.59. The van der Waals surface area contributed by atoms with E-state index >= 15 is 0 Å². The highest BCUT2D eigenvalue weighted by atomic mass is 79.9. The van der Waals surface area contributed by atoms with Crippen molar-refractivity contribution in [1.29, 1.82) is 0 Å². The van der Waals surface area contributed by atoms with Crippen LogP contribution in [0.2, 0.25) is 0 Å². The minimum absolute atomic E-state index is 0. The first-order valence-corrected chi connectivity index (χ1v) is 17.5. The Kier molecular flexibility index (Phi) is 9.72. The summed E-state index contributed by atoms with van der Waals surface area (Å²) in [5.74, 6) is 5.50. The summed E-state index contributed by atoms with van der Waals surface area (Å²) in [7, 11) is 0. The molecule has 1 aromatic carbocycles. The average Bonchev–Trinajstić information content (AvgIpc) is 3.53. The lowest BCUT2D eigenvalue weighted by molar-refractivity contribution is -0.688. The molecule has 6 rings (SSSR count). The van der Waals surface area contributed by atoms with Gasteiger partial charge in [-0.2, -0.15) is 0 Å². The van der Waals surface area contributed by atoms with Gasteiger partial charge in [0.2, 0.25) is 6.33 Å². The maximum atomic E-state index is 3.73. The lowest BCUT2D eigenvalue weighted by Gasteiger charge is -2.58. The van der Waals surface area contributed by atoms with Gasteiger partial charge in [0, 0.05) is 16.5 Å².